The second-order valence-electron chi connectivity index (χ2n) is 4.70. The number of hydrazine groups is 1. The largest absolute Gasteiger partial charge is 0.481 e. The molecule has 1 amide bonds. The quantitative estimate of drug-likeness (QED) is 0.774. The van der Waals surface area contributed by atoms with Crippen LogP contribution in [0.15, 0.2) is 35.4 Å². The summed E-state index contributed by atoms with van der Waals surface area (Å²) in [6, 6.07) is 0.365. The number of methoxy groups -OCH3 is 1. The Balaban J connectivity index is 1.78. The fourth-order valence-electron chi connectivity index (χ4n) is 2.32. The summed E-state index contributed by atoms with van der Waals surface area (Å²) < 4.78 is 5.25. The van der Waals surface area contributed by atoms with Crippen LogP contribution in [0.25, 0.3) is 0 Å². The van der Waals surface area contributed by atoms with E-state index in [9.17, 15) is 4.79 Å². The summed E-state index contributed by atoms with van der Waals surface area (Å²) in [6.07, 6.45) is 9.11. The van der Waals surface area contributed by atoms with Crippen molar-refractivity contribution < 1.29 is 9.53 Å². The predicted molar refractivity (Wildman–Crippen MR) is 66.9 cm³/mol. The molecule has 1 aliphatic carbocycles. The van der Waals surface area contributed by atoms with Gasteiger partial charge in [0, 0.05) is 12.6 Å². The van der Waals surface area contributed by atoms with Crippen LogP contribution >= 0.6 is 0 Å². The number of carbonyl (C=O) groups excluding carboxylic acids is 1. The van der Waals surface area contributed by atoms with Crippen molar-refractivity contribution in [2.24, 2.45) is 0 Å². The van der Waals surface area contributed by atoms with Crippen LogP contribution in [0.1, 0.15) is 19.3 Å². The average molecular weight is 247 g/mol. The van der Waals surface area contributed by atoms with Gasteiger partial charge in [-0.05, 0) is 31.4 Å². The third-order valence-electron chi connectivity index (χ3n) is 3.60. The fourth-order valence-corrected chi connectivity index (χ4v) is 2.32. The van der Waals surface area contributed by atoms with Crippen molar-refractivity contribution in [2.45, 2.75) is 25.3 Å². The Morgan fingerprint density at radius 3 is 3.06 bits per heavy atom. The van der Waals surface area contributed by atoms with Gasteiger partial charge in [0.25, 0.3) is 5.91 Å². The minimum atomic E-state index is 0.0340. The van der Waals surface area contributed by atoms with Gasteiger partial charge in [-0.25, -0.2) is 10.4 Å². The maximum atomic E-state index is 12.2. The molecule has 1 saturated carbocycles. The molecule has 2 heterocycles. The molecule has 5 heteroatoms. The standard InChI is InChI=1S/C13H17N3O2/c1-18-12-7-3-6-11-10(8-14-16(11)12)13(17)15-9-4-2-5-9/h3,6-7,9,14H,2,4-5,8H2,1H3,(H,15,17). The molecule has 0 aromatic rings. The lowest BCUT2D eigenvalue weighted by Gasteiger charge is -2.27. The van der Waals surface area contributed by atoms with E-state index in [1.807, 2.05) is 23.2 Å². The number of nitrogens with zero attached hydrogens (tertiary/aromatic N) is 1. The summed E-state index contributed by atoms with van der Waals surface area (Å²) in [5.74, 6) is 0.741. The second kappa shape index (κ2) is 4.49. The highest BCUT2D eigenvalue weighted by atomic mass is 16.5. The first-order chi connectivity index (χ1) is 8.79. The van der Waals surface area contributed by atoms with E-state index >= 15 is 0 Å². The lowest BCUT2D eigenvalue weighted by Crippen LogP contribution is -2.40. The predicted octanol–water partition coefficient (Wildman–Crippen LogP) is 0.787. The monoisotopic (exact) mass is 247 g/mol. The first-order valence-corrected chi connectivity index (χ1v) is 6.29. The van der Waals surface area contributed by atoms with Gasteiger partial charge in [0.2, 0.25) is 5.88 Å². The van der Waals surface area contributed by atoms with Crippen LogP contribution in [0.3, 0.4) is 0 Å². The molecule has 0 bridgehead atoms. The van der Waals surface area contributed by atoms with E-state index in [1.54, 1.807) is 7.11 Å². The minimum Gasteiger partial charge on any atom is -0.481 e. The molecule has 2 N–H and O–H groups in total. The van der Waals surface area contributed by atoms with Crippen molar-refractivity contribution in [3.8, 4) is 0 Å². The second-order valence-corrected chi connectivity index (χ2v) is 4.70. The molecule has 2 aliphatic heterocycles. The molecule has 0 spiro atoms. The highest BCUT2D eigenvalue weighted by Crippen LogP contribution is 2.26. The number of hydrogen-bond acceptors (Lipinski definition) is 4. The first kappa shape index (κ1) is 11.3. The lowest BCUT2D eigenvalue weighted by molar-refractivity contribution is -0.118. The van der Waals surface area contributed by atoms with E-state index in [4.69, 9.17) is 4.74 Å². The van der Waals surface area contributed by atoms with Gasteiger partial charge in [-0.3, -0.25) is 4.79 Å². The molecule has 96 valence electrons. The van der Waals surface area contributed by atoms with Crippen molar-refractivity contribution in [1.82, 2.24) is 15.8 Å². The van der Waals surface area contributed by atoms with E-state index in [0.29, 0.717) is 18.5 Å². The molecule has 0 aromatic carbocycles. The molecular weight excluding hydrogens is 230 g/mol. The summed E-state index contributed by atoms with van der Waals surface area (Å²) in [6.45, 7) is 0.541. The molecule has 3 aliphatic rings. The molecule has 1 fully saturated rings. The van der Waals surface area contributed by atoms with E-state index in [1.165, 1.54) is 6.42 Å². The van der Waals surface area contributed by atoms with Gasteiger partial charge < -0.3 is 10.1 Å². The number of amides is 1. The zero-order valence-electron chi connectivity index (χ0n) is 10.4. The number of allylic oxidation sites excluding steroid dienone is 3. The topological polar surface area (TPSA) is 53.6 Å². The van der Waals surface area contributed by atoms with Crippen molar-refractivity contribution >= 4 is 5.91 Å². The Morgan fingerprint density at radius 1 is 1.56 bits per heavy atom. The fraction of sp³-hybridized carbons (Fsp3) is 0.462. The van der Waals surface area contributed by atoms with Gasteiger partial charge in [-0.1, -0.05) is 6.08 Å². The summed E-state index contributed by atoms with van der Waals surface area (Å²) in [5, 5.41) is 4.88. The van der Waals surface area contributed by atoms with Gasteiger partial charge in [-0.15, -0.1) is 0 Å². The van der Waals surface area contributed by atoms with E-state index < -0.39 is 0 Å². The third-order valence-corrected chi connectivity index (χ3v) is 3.60. The Morgan fingerprint density at radius 2 is 2.39 bits per heavy atom. The average Bonchev–Trinajstić information content (AvgIpc) is 2.77. The summed E-state index contributed by atoms with van der Waals surface area (Å²) >= 11 is 0. The molecule has 5 nitrogen and oxygen atoms in total. The van der Waals surface area contributed by atoms with Crippen molar-refractivity contribution in [2.75, 3.05) is 13.7 Å². The third kappa shape index (κ3) is 1.80. The number of carbonyl (C=O) groups is 1. The van der Waals surface area contributed by atoms with Crippen LogP contribution in [0.5, 0.6) is 0 Å². The number of fused-ring (bicyclic) bond motifs is 1. The minimum absolute atomic E-state index is 0.0340. The number of nitrogens with one attached hydrogen (secondary N) is 2. The van der Waals surface area contributed by atoms with Gasteiger partial charge in [0.1, 0.15) is 0 Å². The number of hydrogen-bond donors (Lipinski definition) is 2. The summed E-state index contributed by atoms with van der Waals surface area (Å²) in [7, 11) is 1.62. The van der Waals surface area contributed by atoms with Crippen LogP contribution in [0.4, 0.5) is 0 Å². The Labute approximate surface area is 106 Å². The van der Waals surface area contributed by atoms with Crippen molar-refractivity contribution in [3.63, 3.8) is 0 Å². The highest BCUT2D eigenvalue weighted by Gasteiger charge is 2.31. The van der Waals surface area contributed by atoms with E-state index in [-0.39, 0.29) is 5.91 Å². The molecule has 18 heavy (non-hydrogen) atoms. The number of ether oxygens (including phenoxy) is 1. The van der Waals surface area contributed by atoms with Crippen LogP contribution < -0.4 is 10.7 Å². The molecule has 0 aromatic heterocycles. The smallest absolute Gasteiger partial charge is 0.250 e. The Hall–Kier alpha value is -1.75. The maximum Gasteiger partial charge on any atom is 0.250 e. The van der Waals surface area contributed by atoms with Gasteiger partial charge in [-0.2, -0.15) is 0 Å². The Kier molecular flexibility index (Phi) is 2.83. The Bertz CT molecular complexity index is 461. The van der Waals surface area contributed by atoms with E-state index in [0.717, 1.165) is 24.1 Å². The molecule has 3 rings (SSSR count). The molecule has 0 atom stereocenters. The normalized spacial score (nSPS) is 22.5. The van der Waals surface area contributed by atoms with Gasteiger partial charge >= 0.3 is 0 Å². The first-order valence-electron chi connectivity index (χ1n) is 6.29. The SMILES string of the molecule is COC1=CC=CC2=C(C(=O)NC3CCC3)CNN12. The molecule has 0 unspecified atom stereocenters. The van der Waals surface area contributed by atoms with Crippen LogP contribution in [0.2, 0.25) is 0 Å². The van der Waals surface area contributed by atoms with Gasteiger partial charge in [0.05, 0.1) is 18.4 Å². The molecule has 0 saturated heterocycles. The number of rotatable bonds is 3. The zero-order chi connectivity index (χ0) is 12.5. The van der Waals surface area contributed by atoms with Gasteiger partial charge in [0.15, 0.2) is 0 Å². The molecule has 0 radical (unpaired) electrons. The van der Waals surface area contributed by atoms with Crippen molar-refractivity contribution in [1.29, 1.82) is 0 Å². The highest BCUT2D eigenvalue weighted by molar-refractivity contribution is 5.95. The van der Waals surface area contributed by atoms with Crippen LogP contribution in [-0.2, 0) is 9.53 Å². The molecular formula is C13H17N3O2. The summed E-state index contributed by atoms with van der Waals surface area (Å²) in [5.41, 5.74) is 4.81. The van der Waals surface area contributed by atoms with Crippen LogP contribution in [-0.4, -0.2) is 30.6 Å². The lowest BCUT2D eigenvalue weighted by atomic mass is 9.93. The van der Waals surface area contributed by atoms with Crippen molar-refractivity contribution in [3.05, 3.63) is 35.4 Å². The maximum absolute atomic E-state index is 12.2. The zero-order valence-corrected chi connectivity index (χ0v) is 10.4. The van der Waals surface area contributed by atoms with Crippen LogP contribution in [0, 0.1) is 0 Å². The van der Waals surface area contributed by atoms with E-state index in [2.05, 4.69) is 10.7 Å². The summed E-state index contributed by atoms with van der Waals surface area (Å²) in [4.78, 5) is 12.2.